The highest BCUT2D eigenvalue weighted by Crippen LogP contribution is 2.24. The van der Waals surface area contributed by atoms with Crippen molar-refractivity contribution < 1.29 is 31.9 Å². The van der Waals surface area contributed by atoms with Gasteiger partial charge in [-0.15, -0.1) is 5.06 Å². The first-order valence-corrected chi connectivity index (χ1v) is 12.0. The third-order valence-electron chi connectivity index (χ3n) is 4.63. The number of rotatable bonds is 6. The molecule has 2 aromatic rings. The summed E-state index contributed by atoms with van der Waals surface area (Å²) < 4.78 is 49.4. The predicted molar refractivity (Wildman–Crippen MR) is 111 cm³/mol. The van der Waals surface area contributed by atoms with Crippen LogP contribution in [0.3, 0.4) is 0 Å². The number of ether oxygens (including phenoxy) is 2. The molecule has 0 amide bonds. The van der Waals surface area contributed by atoms with Crippen molar-refractivity contribution in [3.63, 3.8) is 0 Å². The van der Waals surface area contributed by atoms with Crippen LogP contribution >= 0.6 is 0 Å². The van der Waals surface area contributed by atoms with Gasteiger partial charge >= 0.3 is 6.16 Å². The zero-order chi connectivity index (χ0) is 23.5. The quantitative estimate of drug-likeness (QED) is 0.588. The molecule has 32 heavy (non-hydrogen) atoms. The molecule has 0 aliphatic carbocycles. The number of carbonyl (C=O) groups excluding carboxylic acids is 1. The summed E-state index contributed by atoms with van der Waals surface area (Å²) in [5.41, 5.74) is -0.618. The van der Waals surface area contributed by atoms with Gasteiger partial charge in [0.1, 0.15) is 18.5 Å². The maximum atomic E-state index is 14.1. The van der Waals surface area contributed by atoms with Crippen molar-refractivity contribution in [2.24, 2.45) is 0 Å². The van der Waals surface area contributed by atoms with Crippen LogP contribution in [0.25, 0.3) is 0 Å². The average molecular weight is 471 g/mol. The first-order chi connectivity index (χ1) is 14.9. The van der Waals surface area contributed by atoms with Crippen LogP contribution in [0, 0.1) is 5.82 Å². The van der Waals surface area contributed by atoms with E-state index >= 15 is 0 Å². The highest BCUT2D eigenvalue weighted by atomic mass is 32.2. The molecule has 0 unspecified atom stereocenters. The van der Waals surface area contributed by atoms with Gasteiger partial charge in [0.2, 0.25) is 0 Å². The maximum Gasteiger partial charge on any atom is 0.528 e. The molecular weight excluding hydrogens is 443 g/mol. The minimum atomic E-state index is -3.50. The molecule has 0 spiro atoms. The zero-order valence-corrected chi connectivity index (χ0v) is 19.3. The third-order valence-corrected chi connectivity index (χ3v) is 5.75. The number of aromatic nitrogens is 3. The molecule has 0 N–H and O–H groups in total. The van der Waals surface area contributed by atoms with Gasteiger partial charge in [-0.2, -0.15) is 5.10 Å². The molecule has 0 radical (unpaired) electrons. The molecule has 1 aromatic heterocycles. The number of halogens is 1. The summed E-state index contributed by atoms with van der Waals surface area (Å²) in [6.07, 6.45) is 3.24. The topological polar surface area (TPSA) is 113 Å². The summed E-state index contributed by atoms with van der Waals surface area (Å²) in [5.74, 6) is -0.491. The molecule has 1 fully saturated rings. The van der Waals surface area contributed by atoms with Gasteiger partial charge < -0.3 is 14.3 Å². The minimum absolute atomic E-state index is 0.0667. The first-order valence-electron chi connectivity index (χ1n) is 10.1. The fourth-order valence-electron chi connectivity index (χ4n) is 3.10. The van der Waals surface area contributed by atoms with Crippen LogP contribution in [0.2, 0.25) is 0 Å². The lowest BCUT2D eigenvalue weighted by Gasteiger charge is -2.30. The summed E-state index contributed by atoms with van der Waals surface area (Å²) >= 11 is 0. The van der Waals surface area contributed by atoms with Crippen molar-refractivity contribution >= 4 is 16.0 Å². The number of carbonyl (C=O) groups is 1. The highest BCUT2D eigenvalue weighted by Gasteiger charge is 2.26. The van der Waals surface area contributed by atoms with Gasteiger partial charge in [-0.05, 0) is 51.8 Å². The second-order valence-corrected chi connectivity index (χ2v) is 10.5. The Morgan fingerprint density at radius 3 is 2.53 bits per heavy atom. The molecule has 0 saturated carbocycles. The lowest BCUT2D eigenvalue weighted by Crippen LogP contribution is -2.38. The fourth-order valence-corrected chi connectivity index (χ4v) is 3.73. The summed E-state index contributed by atoms with van der Waals surface area (Å²) in [4.78, 5) is 21.1. The summed E-state index contributed by atoms with van der Waals surface area (Å²) in [5, 5.41) is 5.95. The van der Waals surface area contributed by atoms with E-state index in [4.69, 9.17) is 14.3 Å². The molecule has 0 atom stereocenters. The Bertz CT molecular complexity index is 1060. The van der Waals surface area contributed by atoms with E-state index in [1.54, 1.807) is 36.8 Å². The van der Waals surface area contributed by atoms with E-state index in [-0.39, 0.29) is 23.3 Å². The molecule has 1 aromatic carbocycles. The van der Waals surface area contributed by atoms with Crippen molar-refractivity contribution in [2.75, 3.05) is 19.3 Å². The number of benzene rings is 1. The van der Waals surface area contributed by atoms with Crippen LogP contribution in [0.1, 0.15) is 45.5 Å². The normalized spacial score (nSPS) is 16.0. The Labute approximate surface area is 186 Å². The van der Waals surface area contributed by atoms with Gasteiger partial charge in [-0.3, -0.25) is 0 Å². The lowest BCUT2D eigenvalue weighted by atomic mass is 10.1. The third kappa shape index (κ3) is 6.63. The molecule has 0 bridgehead atoms. The Morgan fingerprint density at radius 1 is 1.25 bits per heavy atom. The van der Waals surface area contributed by atoms with E-state index in [1.807, 2.05) is 0 Å². The van der Waals surface area contributed by atoms with Gasteiger partial charge in [0.15, 0.2) is 27.2 Å². The number of nitrogens with zero attached hydrogens (tertiary/aromatic N) is 4. The van der Waals surface area contributed by atoms with Gasteiger partial charge in [0.25, 0.3) is 0 Å². The minimum Gasteiger partial charge on any atom is -0.482 e. The number of hydroxylamine groups is 2. The summed E-state index contributed by atoms with van der Waals surface area (Å²) in [7, 11) is -3.50. The first kappa shape index (κ1) is 23.9. The Kier molecular flexibility index (Phi) is 7.03. The molecule has 1 aliphatic rings. The second kappa shape index (κ2) is 9.41. The zero-order valence-electron chi connectivity index (χ0n) is 18.4. The SMILES string of the molecule is CC(C)(C)OC(=O)ON1CCC(n2cnc(COc3ccc(S(C)(=O)=O)cc3F)n2)CC1. The number of hydrogen-bond acceptors (Lipinski definition) is 9. The molecule has 10 nitrogen and oxygen atoms in total. The average Bonchev–Trinajstić information content (AvgIpc) is 3.14. The van der Waals surface area contributed by atoms with Crippen LogP contribution < -0.4 is 4.74 Å². The van der Waals surface area contributed by atoms with Crippen molar-refractivity contribution in [3.05, 3.63) is 36.2 Å². The van der Waals surface area contributed by atoms with E-state index in [0.29, 0.717) is 31.8 Å². The number of piperidine rings is 1. The van der Waals surface area contributed by atoms with Crippen LogP contribution in [-0.4, -0.2) is 59.3 Å². The standard InChI is InChI=1S/C20H27FN4O6S/c1-20(2,3)30-19(26)31-24-9-7-14(8-10-24)25-13-22-18(23-25)12-29-17-6-5-15(11-16(17)21)32(4,27)28/h5-6,11,13-14H,7-10,12H2,1-4H3. The number of hydrogen-bond donors (Lipinski definition) is 0. The Morgan fingerprint density at radius 2 is 1.94 bits per heavy atom. The van der Waals surface area contributed by atoms with Crippen molar-refractivity contribution in [3.8, 4) is 5.75 Å². The monoisotopic (exact) mass is 470 g/mol. The van der Waals surface area contributed by atoms with E-state index < -0.39 is 27.4 Å². The smallest absolute Gasteiger partial charge is 0.482 e. The van der Waals surface area contributed by atoms with Gasteiger partial charge in [0, 0.05) is 19.3 Å². The molecule has 12 heteroatoms. The molecule has 1 saturated heterocycles. The number of sulfone groups is 1. The van der Waals surface area contributed by atoms with Gasteiger partial charge in [-0.25, -0.2) is 27.3 Å². The summed E-state index contributed by atoms with van der Waals surface area (Å²) in [6.45, 7) is 6.28. The van der Waals surface area contributed by atoms with Crippen molar-refractivity contribution in [1.29, 1.82) is 0 Å². The predicted octanol–water partition coefficient (Wildman–Crippen LogP) is 2.90. The van der Waals surface area contributed by atoms with E-state index in [1.165, 1.54) is 12.1 Å². The summed E-state index contributed by atoms with van der Waals surface area (Å²) in [6, 6.07) is 3.54. The van der Waals surface area contributed by atoms with Crippen molar-refractivity contribution in [2.45, 2.75) is 56.8 Å². The van der Waals surface area contributed by atoms with Gasteiger partial charge in [-0.1, -0.05) is 0 Å². The van der Waals surface area contributed by atoms with Crippen molar-refractivity contribution in [1.82, 2.24) is 19.8 Å². The molecule has 3 rings (SSSR count). The van der Waals surface area contributed by atoms with E-state index in [0.717, 1.165) is 12.3 Å². The van der Waals surface area contributed by atoms with Crippen LogP contribution in [-0.2, 0) is 26.0 Å². The largest absolute Gasteiger partial charge is 0.528 e. The highest BCUT2D eigenvalue weighted by molar-refractivity contribution is 7.90. The van der Waals surface area contributed by atoms with Gasteiger partial charge in [0.05, 0.1) is 10.9 Å². The Hall–Kier alpha value is -2.73. The molecule has 1 aliphatic heterocycles. The van der Waals surface area contributed by atoms with Crippen LogP contribution in [0.4, 0.5) is 9.18 Å². The second-order valence-electron chi connectivity index (χ2n) is 8.51. The molecule has 2 heterocycles. The van der Waals surface area contributed by atoms with E-state index in [2.05, 4.69) is 10.1 Å². The fraction of sp³-hybridized carbons (Fsp3) is 0.550. The molecular formula is C20H27FN4O6S. The Balaban J connectivity index is 1.50. The van der Waals surface area contributed by atoms with Crippen LogP contribution in [0.15, 0.2) is 29.4 Å². The van der Waals surface area contributed by atoms with E-state index in [9.17, 15) is 17.6 Å². The maximum absolute atomic E-state index is 14.1. The lowest BCUT2D eigenvalue weighted by molar-refractivity contribution is -0.154. The van der Waals surface area contributed by atoms with Crippen LogP contribution in [0.5, 0.6) is 5.75 Å². The molecule has 176 valence electrons.